The zero-order valence-electron chi connectivity index (χ0n) is 19.1. The number of thiazole rings is 2. The van der Waals surface area contributed by atoms with Crippen molar-refractivity contribution < 1.29 is 26.4 Å². The van der Waals surface area contributed by atoms with Crippen molar-refractivity contribution in [3.63, 3.8) is 0 Å². The highest BCUT2D eigenvalue weighted by molar-refractivity contribution is 8.77. The van der Waals surface area contributed by atoms with Gasteiger partial charge >= 0.3 is 0 Å². The van der Waals surface area contributed by atoms with Gasteiger partial charge in [0.15, 0.2) is 11.6 Å². The average Bonchev–Trinajstić information content (AvgIpc) is 3.62. The molecule has 0 spiro atoms. The summed E-state index contributed by atoms with van der Waals surface area (Å²) in [6.07, 6.45) is 2.80. The molecule has 0 aliphatic rings. The number of sulfonamides is 2. The largest absolute Gasteiger partial charge is 0.293 e. The van der Waals surface area contributed by atoms with Crippen LogP contribution < -0.4 is 9.44 Å². The summed E-state index contributed by atoms with van der Waals surface area (Å²) in [7, 11) is -5.08. The number of anilines is 2. The van der Waals surface area contributed by atoms with Crippen molar-refractivity contribution in [3.8, 4) is 0 Å². The first-order chi connectivity index (χ1) is 18.1. The van der Waals surface area contributed by atoms with Gasteiger partial charge in [-0.3, -0.25) is 19.0 Å². The van der Waals surface area contributed by atoms with Crippen LogP contribution in [-0.2, 0) is 20.0 Å². The van der Waals surface area contributed by atoms with Crippen LogP contribution in [0.15, 0.2) is 80.4 Å². The van der Waals surface area contributed by atoms with Gasteiger partial charge in [0, 0.05) is 45.7 Å². The molecule has 198 valence electrons. The van der Waals surface area contributed by atoms with Gasteiger partial charge in [0.05, 0.1) is 11.5 Å². The third kappa shape index (κ3) is 7.42. The van der Waals surface area contributed by atoms with Gasteiger partial charge in [-0.25, -0.2) is 9.97 Å². The monoisotopic (exact) mass is 626 g/mol. The van der Waals surface area contributed by atoms with Crippen molar-refractivity contribution >= 4 is 87.2 Å². The Labute approximate surface area is 234 Å². The second-order valence-electron chi connectivity index (χ2n) is 7.33. The van der Waals surface area contributed by atoms with Gasteiger partial charge in [-0.2, -0.15) is 16.8 Å². The van der Waals surface area contributed by atoms with E-state index in [9.17, 15) is 26.4 Å². The third-order valence-electron chi connectivity index (χ3n) is 4.66. The maximum absolute atomic E-state index is 12.5. The third-order valence-corrected chi connectivity index (χ3v) is 12.0. The molecular weight excluding hydrogens is 609 g/mol. The summed E-state index contributed by atoms with van der Waals surface area (Å²) in [4.78, 5) is 32.5. The first-order valence-corrected chi connectivity index (χ1v) is 17.7. The molecule has 4 rings (SSSR count). The summed E-state index contributed by atoms with van der Waals surface area (Å²) in [6.45, 7) is 0. The molecule has 38 heavy (non-hydrogen) atoms. The number of hydrogen-bond donors (Lipinski definition) is 2. The predicted octanol–water partition coefficient (Wildman–Crippen LogP) is 4.65. The minimum absolute atomic E-state index is 0.0483. The lowest BCUT2D eigenvalue weighted by molar-refractivity contribution is 0.101. The number of Topliss-reactive ketones (excluding diaryl/α,β-unsaturated/α-hetero) is 2. The number of nitrogens with zero attached hydrogens (tertiary/aromatic N) is 2. The lowest BCUT2D eigenvalue weighted by Gasteiger charge is -2.07. The van der Waals surface area contributed by atoms with E-state index in [1.54, 1.807) is 10.8 Å². The number of aromatic nitrogens is 2. The highest BCUT2D eigenvalue weighted by Gasteiger charge is 2.18. The minimum Gasteiger partial charge on any atom is -0.293 e. The molecular formula is C22H18N4O6S6. The van der Waals surface area contributed by atoms with Crippen molar-refractivity contribution in [2.45, 2.75) is 8.68 Å². The van der Waals surface area contributed by atoms with E-state index in [4.69, 9.17) is 0 Å². The number of rotatable bonds is 13. The fourth-order valence-electron chi connectivity index (χ4n) is 2.89. The zero-order valence-corrected chi connectivity index (χ0v) is 24.0. The predicted molar refractivity (Wildman–Crippen MR) is 152 cm³/mol. The Morgan fingerprint density at radius 2 is 1.03 bits per heavy atom. The number of hydrogen-bond acceptors (Lipinski definition) is 12. The molecule has 0 saturated heterocycles. The maximum Gasteiger partial charge on any atom is 0.289 e. The summed E-state index contributed by atoms with van der Waals surface area (Å²) < 4.78 is 53.7. The molecule has 0 atom stereocenters. The molecule has 2 aromatic heterocycles. The van der Waals surface area contributed by atoms with E-state index in [0.29, 0.717) is 22.5 Å². The number of nitrogens with one attached hydrogen (secondary N) is 2. The van der Waals surface area contributed by atoms with Gasteiger partial charge in [-0.15, -0.1) is 22.7 Å². The second kappa shape index (κ2) is 12.4. The number of carbonyl (C=O) groups is 2. The Hall–Kier alpha value is -2.76. The standard InChI is InChI=1S/C22H18N4O6S6/c27-19(15-1-5-17(6-2-15)25-37(29,30)21-23-9-11-33-21)13-35-36-14-20(28)16-3-7-18(8-4-16)26-38(31,32)22-24-10-12-34-22/h1-12,25-26H,13-14H2. The van der Waals surface area contributed by atoms with Gasteiger partial charge < -0.3 is 0 Å². The highest BCUT2D eigenvalue weighted by Crippen LogP contribution is 2.25. The molecule has 2 N–H and O–H groups in total. The highest BCUT2D eigenvalue weighted by atomic mass is 33.1. The average molecular weight is 627 g/mol. The molecule has 16 heteroatoms. The van der Waals surface area contributed by atoms with Crippen LogP contribution in [0.25, 0.3) is 0 Å². The molecule has 0 aliphatic heterocycles. The first kappa shape index (κ1) is 28.3. The summed E-state index contributed by atoms with van der Waals surface area (Å²) >= 11 is 2.00. The fraction of sp³-hybridized carbons (Fsp3) is 0.0909. The van der Waals surface area contributed by atoms with Crippen molar-refractivity contribution in [1.82, 2.24) is 9.97 Å². The molecule has 0 saturated carbocycles. The molecule has 0 radical (unpaired) electrons. The quantitative estimate of drug-likeness (QED) is 0.122. The van der Waals surface area contributed by atoms with Crippen LogP contribution in [0.1, 0.15) is 20.7 Å². The lowest BCUT2D eigenvalue weighted by atomic mass is 10.1. The minimum atomic E-state index is -3.77. The Bertz CT molecular complexity index is 1480. The summed E-state index contributed by atoms with van der Waals surface area (Å²) in [6, 6.07) is 12.1. The summed E-state index contributed by atoms with van der Waals surface area (Å²) in [5.41, 5.74) is 1.45. The van der Waals surface area contributed by atoms with E-state index in [0.717, 1.165) is 22.7 Å². The van der Waals surface area contributed by atoms with Crippen LogP contribution in [0.2, 0.25) is 0 Å². The number of carbonyl (C=O) groups excluding carboxylic acids is 2. The Morgan fingerprint density at radius 1 is 0.658 bits per heavy atom. The van der Waals surface area contributed by atoms with Gasteiger partial charge in [0.1, 0.15) is 0 Å². The topological polar surface area (TPSA) is 152 Å². The van der Waals surface area contributed by atoms with Crippen LogP contribution in [-0.4, -0.2) is 49.9 Å². The number of benzene rings is 2. The van der Waals surface area contributed by atoms with Crippen LogP contribution in [0.4, 0.5) is 11.4 Å². The van der Waals surface area contributed by atoms with Crippen molar-refractivity contribution in [2.75, 3.05) is 20.9 Å². The van der Waals surface area contributed by atoms with E-state index >= 15 is 0 Å². The van der Waals surface area contributed by atoms with Crippen molar-refractivity contribution in [1.29, 1.82) is 0 Å². The van der Waals surface area contributed by atoms with E-state index in [-0.39, 0.29) is 31.8 Å². The zero-order chi connectivity index (χ0) is 27.2. The SMILES string of the molecule is O=C(CSSCC(=O)c1ccc(NS(=O)(=O)c2nccs2)cc1)c1ccc(NS(=O)(=O)c2nccs2)cc1. The van der Waals surface area contributed by atoms with E-state index in [1.165, 1.54) is 82.5 Å². The smallest absolute Gasteiger partial charge is 0.289 e. The molecule has 0 amide bonds. The molecule has 10 nitrogen and oxygen atoms in total. The van der Waals surface area contributed by atoms with Gasteiger partial charge in [0.2, 0.25) is 8.68 Å². The van der Waals surface area contributed by atoms with Crippen LogP contribution in [0.3, 0.4) is 0 Å². The fourth-order valence-corrected chi connectivity index (χ4v) is 8.53. The van der Waals surface area contributed by atoms with Gasteiger partial charge in [0.25, 0.3) is 20.0 Å². The van der Waals surface area contributed by atoms with Gasteiger partial charge in [-0.1, -0.05) is 21.6 Å². The molecule has 0 aliphatic carbocycles. The maximum atomic E-state index is 12.5. The Balaban J connectivity index is 1.22. The lowest BCUT2D eigenvalue weighted by Crippen LogP contribution is -2.13. The van der Waals surface area contributed by atoms with Gasteiger partial charge in [-0.05, 0) is 48.5 Å². The van der Waals surface area contributed by atoms with E-state index < -0.39 is 20.0 Å². The Kier molecular flexibility index (Phi) is 9.22. The second-order valence-corrected chi connectivity index (χ2v) is 15.3. The van der Waals surface area contributed by atoms with Crippen LogP contribution >= 0.6 is 44.3 Å². The summed E-state index contributed by atoms with van der Waals surface area (Å²) in [5, 5.41) is 3.13. The van der Waals surface area contributed by atoms with Crippen LogP contribution in [0.5, 0.6) is 0 Å². The van der Waals surface area contributed by atoms with Crippen LogP contribution in [0, 0.1) is 0 Å². The molecule has 2 heterocycles. The molecule has 0 bridgehead atoms. The van der Waals surface area contributed by atoms with E-state index in [2.05, 4.69) is 19.4 Å². The molecule has 4 aromatic rings. The van der Waals surface area contributed by atoms with Crippen molar-refractivity contribution in [3.05, 3.63) is 82.8 Å². The normalized spacial score (nSPS) is 11.7. The summed E-state index contributed by atoms with van der Waals surface area (Å²) in [5.74, 6) is -0.0820. The van der Waals surface area contributed by atoms with E-state index in [1.807, 2.05) is 0 Å². The molecule has 0 unspecified atom stereocenters. The molecule has 2 aromatic carbocycles. The van der Waals surface area contributed by atoms with Crippen molar-refractivity contribution in [2.24, 2.45) is 0 Å². The number of ketones is 2. The Morgan fingerprint density at radius 3 is 1.34 bits per heavy atom. The first-order valence-electron chi connectivity index (χ1n) is 10.5. The molecule has 0 fully saturated rings.